The van der Waals surface area contributed by atoms with Gasteiger partial charge in [-0.15, -0.1) is 0 Å². The third-order valence-electron chi connectivity index (χ3n) is 2.36. The summed E-state index contributed by atoms with van der Waals surface area (Å²) in [6.07, 6.45) is 1.59. The van der Waals surface area contributed by atoms with Crippen molar-refractivity contribution in [2.24, 2.45) is 0 Å². The molecule has 2 rings (SSSR count). The first-order valence-corrected chi connectivity index (χ1v) is 6.37. The second kappa shape index (κ2) is 6.45. The lowest BCUT2D eigenvalue weighted by atomic mass is 10.3. The highest BCUT2D eigenvalue weighted by molar-refractivity contribution is 6.36. The minimum absolute atomic E-state index is 0.280. The maximum Gasteiger partial charge on any atom is 0.355 e. The number of esters is 1. The quantitative estimate of drug-likeness (QED) is 0.852. The predicted octanol–water partition coefficient (Wildman–Crippen LogP) is 3.12. The van der Waals surface area contributed by atoms with E-state index in [9.17, 15) is 9.59 Å². The molecule has 20 heavy (non-hydrogen) atoms. The van der Waals surface area contributed by atoms with Crippen LogP contribution in [0.1, 0.15) is 10.5 Å². The third-order valence-corrected chi connectivity index (χ3v) is 2.91. The van der Waals surface area contributed by atoms with Crippen LogP contribution in [0.5, 0.6) is 0 Å². The standard InChI is InChI=1S/C13H10Cl2N2O3/c14-8-3-4-10(9(15)6-8)17-12(18)7-20-13(19)11-2-1-5-16-11/h1-6,16H,7H2,(H,17,18). The van der Waals surface area contributed by atoms with Crippen LogP contribution in [0.2, 0.25) is 10.0 Å². The summed E-state index contributed by atoms with van der Waals surface area (Å²) in [5.74, 6) is -1.10. The molecule has 2 aromatic rings. The van der Waals surface area contributed by atoms with Gasteiger partial charge in [0.1, 0.15) is 5.69 Å². The average molecular weight is 313 g/mol. The van der Waals surface area contributed by atoms with Gasteiger partial charge in [0.15, 0.2) is 6.61 Å². The summed E-state index contributed by atoms with van der Waals surface area (Å²) >= 11 is 11.6. The molecule has 104 valence electrons. The number of anilines is 1. The molecule has 0 saturated heterocycles. The fourth-order valence-corrected chi connectivity index (χ4v) is 1.90. The molecule has 2 N–H and O–H groups in total. The highest BCUT2D eigenvalue weighted by Gasteiger charge is 2.11. The van der Waals surface area contributed by atoms with Crippen molar-refractivity contribution in [2.75, 3.05) is 11.9 Å². The first kappa shape index (κ1) is 14.4. The van der Waals surface area contributed by atoms with Gasteiger partial charge in [-0.25, -0.2) is 4.79 Å². The van der Waals surface area contributed by atoms with E-state index in [1.165, 1.54) is 6.07 Å². The maximum atomic E-state index is 11.6. The van der Waals surface area contributed by atoms with Crippen molar-refractivity contribution in [2.45, 2.75) is 0 Å². The molecule has 0 bridgehead atoms. The van der Waals surface area contributed by atoms with Crippen LogP contribution in [-0.4, -0.2) is 23.5 Å². The van der Waals surface area contributed by atoms with E-state index in [4.69, 9.17) is 27.9 Å². The van der Waals surface area contributed by atoms with Gasteiger partial charge in [-0.2, -0.15) is 0 Å². The number of nitrogens with one attached hydrogen (secondary N) is 2. The Morgan fingerprint density at radius 3 is 2.70 bits per heavy atom. The molecule has 0 spiro atoms. The summed E-state index contributed by atoms with van der Waals surface area (Å²) in [7, 11) is 0. The van der Waals surface area contributed by atoms with E-state index in [1.807, 2.05) is 0 Å². The third kappa shape index (κ3) is 3.76. The van der Waals surface area contributed by atoms with E-state index in [-0.39, 0.29) is 5.69 Å². The van der Waals surface area contributed by atoms with Crippen LogP contribution in [0, 0.1) is 0 Å². The van der Waals surface area contributed by atoms with E-state index >= 15 is 0 Å². The van der Waals surface area contributed by atoms with E-state index in [2.05, 4.69) is 10.3 Å². The Bertz CT molecular complexity index is 627. The van der Waals surface area contributed by atoms with Gasteiger partial charge in [0.25, 0.3) is 5.91 Å². The lowest BCUT2D eigenvalue weighted by molar-refractivity contribution is -0.119. The number of carbonyl (C=O) groups excluding carboxylic acids is 2. The Hall–Kier alpha value is -1.98. The Morgan fingerprint density at radius 1 is 1.25 bits per heavy atom. The monoisotopic (exact) mass is 312 g/mol. The summed E-state index contributed by atoms with van der Waals surface area (Å²) in [6.45, 7) is -0.406. The van der Waals surface area contributed by atoms with E-state index in [0.717, 1.165) is 0 Å². The number of halogens is 2. The second-order valence-corrected chi connectivity index (χ2v) is 4.68. The zero-order chi connectivity index (χ0) is 14.5. The van der Waals surface area contributed by atoms with Crippen LogP contribution in [-0.2, 0) is 9.53 Å². The molecule has 1 aromatic carbocycles. The lowest BCUT2D eigenvalue weighted by Crippen LogP contribution is -2.21. The van der Waals surface area contributed by atoms with E-state index < -0.39 is 18.5 Å². The number of aromatic amines is 1. The van der Waals surface area contributed by atoms with Gasteiger partial charge in [0.05, 0.1) is 10.7 Å². The van der Waals surface area contributed by atoms with Gasteiger partial charge < -0.3 is 15.0 Å². The van der Waals surface area contributed by atoms with Crippen molar-refractivity contribution in [3.63, 3.8) is 0 Å². The van der Waals surface area contributed by atoms with Crippen LogP contribution in [0.4, 0.5) is 5.69 Å². The maximum absolute atomic E-state index is 11.6. The normalized spacial score (nSPS) is 10.1. The van der Waals surface area contributed by atoms with Crippen molar-refractivity contribution in [3.8, 4) is 0 Å². The van der Waals surface area contributed by atoms with Crippen molar-refractivity contribution >= 4 is 40.8 Å². The first-order chi connectivity index (χ1) is 9.56. The highest BCUT2D eigenvalue weighted by atomic mass is 35.5. The van der Waals surface area contributed by atoms with Crippen LogP contribution in [0.15, 0.2) is 36.5 Å². The minimum Gasteiger partial charge on any atom is -0.451 e. The average Bonchev–Trinajstić information content (AvgIpc) is 2.93. The summed E-state index contributed by atoms with van der Waals surface area (Å²) in [6, 6.07) is 7.87. The molecule has 0 radical (unpaired) electrons. The molecule has 0 fully saturated rings. The summed E-state index contributed by atoms with van der Waals surface area (Å²) < 4.78 is 4.83. The fraction of sp³-hybridized carbons (Fsp3) is 0.0769. The number of hydrogen-bond donors (Lipinski definition) is 2. The van der Waals surface area contributed by atoms with Crippen LogP contribution in [0.25, 0.3) is 0 Å². The summed E-state index contributed by atoms with van der Waals surface area (Å²) in [5, 5.41) is 3.29. The molecule has 0 aliphatic heterocycles. The molecule has 1 heterocycles. The molecular formula is C13H10Cl2N2O3. The molecule has 0 aliphatic rings. The number of hydrogen-bond acceptors (Lipinski definition) is 3. The van der Waals surface area contributed by atoms with Crippen molar-refractivity contribution in [1.82, 2.24) is 4.98 Å². The molecular weight excluding hydrogens is 303 g/mol. The topological polar surface area (TPSA) is 71.2 Å². The van der Waals surface area contributed by atoms with Crippen molar-refractivity contribution < 1.29 is 14.3 Å². The Labute approximate surface area is 124 Å². The molecule has 7 heteroatoms. The number of aromatic nitrogens is 1. The highest BCUT2D eigenvalue weighted by Crippen LogP contribution is 2.25. The Balaban J connectivity index is 1.88. The van der Waals surface area contributed by atoms with Gasteiger partial charge in [-0.05, 0) is 30.3 Å². The smallest absolute Gasteiger partial charge is 0.355 e. The van der Waals surface area contributed by atoms with Crippen LogP contribution < -0.4 is 5.32 Å². The minimum atomic E-state index is -0.604. The lowest BCUT2D eigenvalue weighted by Gasteiger charge is -2.07. The molecule has 0 saturated carbocycles. The van der Waals surface area contributed by atoms with Gasteiger partial charge in [0, 0.05) is 11.2 Å². The van der Waals surface area contributed by atoms with E-state index in [1.54, 1.807) is 30.5 Å². The Morgan fingerprint density at radius 2 is 2.05 bits per heavy atom. The molecule has 5 nitrogen and oxygen atoms in total. The molecule has 1 amide bonds. The van der Waals surface area contributed by atoms with Crippen LogP contribution in [0.3, 0.4) is 0 Å². The number of rotatable bonds is 4. The predicted molar refractivity (Wildman–Crippen MR) is 76.2 cm³/mol. The van der Waals surface area contributed by atoms with Crippen molar-refractivity contribution in [1.29, 1.82) is 0 Å². The zero-order valence-corrected chi connectivity index (χ0v) is 11.7. The molecule has 0 aliphatic carbocycles. The number of benzene rings is 1. The molecule has 1 aromatic heterocycles. The SMILES string of the molecule is O=C(COC(=O)c1ccc[nH]1)Nc1ccc(Cl)cc1Cl. The van der Waals surface area contributed by atoms with Crippen molar-refractivity contribution in [3.05, 3.63) is 52.3 Å². The van der Waals surface area contributed by atoms with Gasteiger partial charge in [-0.1, -0.05) is 23.2 Å². The number of amides is 1. The zero-order valence-electron chi connectivity index (χ0n) is 10.2. The number of ether oxygens (including phenoxy) is 1. The largest absolute Gasteiger partial charge is 0.451 e. The number of carbonyl (C=O) groups is 2. The van der Waals surface area contributed by atoms with Gasteiger partial charge in [-0.3, -0.25) is 4.79 Å². The van der Waals surface area contributed by atoms with Gasteiger partial charge in [0.2, 0.25) is 0 Å². The van der Waals surface area contributed by atoms with E-state index in [0.29, 0.717) is 15.7 Å². The Kier molecular flexibility index (Phi) is 4.65. The fourth-order valence-electron chi connectivity index (χ4n) is 1.44. The first-order valence-electron chi connectivity index (χ1n) is 5.61. The second-order valence-electron chi connectivity index (χ2n) is 3.83. The number of H-pyrrole nitrogens is 1. The summed E-state index contributed by atoms with van der Waals surface area (Å²) in [5.41, 5.74) is 0.680. The molecule has 0 unspecified atom stereocenters. The van der Waals surface area contributed by atoms with Gasteiger partial charge >= 0.3 is 5.97 Å². The summed E-state index contributed by atoms with van der Waals surface area (Å²) in [4.78, 5) is 25.8. The van der Waals surface area contributed by atoms with Crippen LogP contribution >= 0.6 is 23.2 Å². The molecule has 0 atom stereocenters.